The fraction of sp³-hybridized carbons (Fsp3) is 0.300. The summed E-state index contributed by atoms with van der Waals surface area (Å²) in [6.07, 6.45) is 0. The van der Waals surface area contributed by atoms with Crippen LogP contribution >= 0.6 is 0 Å². The van der Waals surface area contributed by atoms with Crippen molar-refractivity contribution >= 4 is 23.6 Å². The van der Waals surface area contributed by atoms with Crippen molar-refractivity contribution in [1.82, 2.24) is 21.3 Å². The van der Waals surface area contributed by atoms with Crippen LogP contribution in [-0.2, 0) is 22.2 Å². The number of nitrogens with one attached hydrogen (secondary N) is 4. The van der Waals surface area contributed by atoms with Crippen LogP contribution in [0.5, 0.6) is 0 Å². The van der Waals surface area contributed by atoms with Crippen LogP contribution in [0.4, 0.5) is 0 Å². The van der Waals surface area contributed by atoms with Crippen molar-refractivity contribution in [2.24, 2.45) is 0 Å². The monoisotopic (exact) mass is 772 g/mol. The molecule has 4 aliphatic rings. The quantitative estimate of drug-likeness (QED) is 0.0970. The zero-order valence-electron chi connectivity index (χ0n) is 30.1. The van der Waals surface area contributed by atoms with Crippen LogP contribution in [0.25, 0.3) is 0 Å². The van der Waals surface area contributed by atoms with Crippen LogP contribution in [-0.4, -0.2) is 117 Å². The van der Waals surface area contributed by atoms with Crippen LogP contribution < -0.4 is 21.3 Å². The van der Waals surface area contributed by atoms with Crippen LogP contribution in [0.15, 0.2) is 97.1 Å². The van der Waals surface area contributed by atoms with E-state index in [-0.39, 0.29) is 44.5 Å². The van der Waals surface area contributed by atoms with Gasteiger partial charge in [-0.05, 0) is 58.7 Å². The van der Waals surface area contributed by atoms with E-state index in [1.165, 1.54) is 97.1 Å². The highest BCUT2D eigenvalue weighted by Gasteiger charge is 2.39. The summed E-state index contributed by atoms with van der Waals surface area (Å²) in [5, 5.41) is 94.4. The van der Waals surface area contributed by atoms with E-state index in [2.05, 4.69) is 21.3 Å². The van der Waals surface area contributed by atoms with Crippen LogP contribution in [0.2, 0.25) is 0 Å². The Balaban J connectivity index is 1.65. The molecule has 8 rings (SSSR count). The normalized spacial score (nSPS) is 17.7. The van der Waals surface area contributed by atoms with Crippen molar-refractivity contribution in [3.8, 4) is 0 Å². The highest BCUT2D eigenvalue weighted by molar-refractivity contribution is 6.01. The van der Waals surface area contributed by atoms with Gasteiger partial charge in [0.05, 0.1) is 52.9 Å². The van der Waals surface area contributed by atoms with Gasteiger partial charge in [0.2, 0.25) is 0 Å². The Bertz CT molecular complexity index is 1760. The molecule has 4 heterocycles. The summed E-state index contributed by atoms with van der Waals surface area (Å²) < 4.78 is 0. The van der Waals surface area contributed by atoms with Crippen LogP contribution in [0.1, 0.15) is 63.7 Å². The van der Waals surface area contributed by atoms with E-state index < -0.39 is 98.6 Å². The van der Waals surface area contributed by atoms with Gasteiger partial charge >= 0.3 is 0 Å². The first-order valence-electron chi connectivity index (χ1n) is 17.5. The first-order valence-corrected chi connectivity index (χ1v) is 17.5. The van der Waals surface area contributed by atoms with E-state index in [1.807, 2.05) is 0 Å². The number of carbonyl (C=O) groups excluding carboxylic acids is 4. The zero-order valence-corrected chi connectivity index (χ0v) is 30.1. The minimum absolute atomic E-state index is 0.0531. The molecule has 16 heteroatoms. The molecule has 8 bridgehead atoms. The smallest absolute Gasteiger partial charge is 0.252 e. The fourth-order valence-electron chi connectivity index (χ4n) is 6.51. The molecule has 0 radical (unpaired) electrons. The van der Waals surface area contributed by atoms with Gasteiger partial charge in [-0.25, -0.2) is 0 Å². The second-order valence-electron chi connectivity index (χ2n) is 13.7. The molecule has 16 nitrogen and oxygen atoms in total. The van der Waals surface area contributed by atoms with Gasteiger partial charge in [-0.15, -0.1) is 0 Å². The molecule has 0 atom stereocenters. The molecule has 0 spiro atoms. The standard InChI is InChI=1S/C40H44N4O12/c45-17-37(18-46)29-7-11-31(12-8-29)39(21-49,22-50)43-35(55)27-5-2-6-28(16-27)36(56)44-40(23-51,24-52)32-13-9-30(10-14-32)38(19-47,20-48)42-34(54)26-4-1-3-25(15-26)33(53)41-37/h1-16,45-52H,17-24H2,(H,41,53)(H,42,54)(H,43,55)(H,44,56). The summed E-state index contributed by atoms with van der Waals surface area (Å²) in [7, 11) is 0. The Morgan fingerprint density at radius 1 is 0.321 bits per heavy atom. The Labute approximate surface area is 321 Å². The Hall–Kier alpha value is -5.56. The molecule has 0 saturated heterocycles. The average Bonchev–Trinajstić information content (AvgIpc) is 3.25. The molecule has 0 aromatic heterocycles. The minimum Gasteiger partial charge on any atom is -0.393 e. The van der Waals surface area contributed by atoms with Gasteiger partial charge in [0, 0.05) is 22.3 Å². The molecule has 0 fully saturated rings. The predicted octanol–water partition coefficient (Wildman–Crippen LogP) is -1.56. The maximum atomic E-state index is 13.6. The van der Waals surface area contributed by atoms with Gasteiger partial charge in [0.25, 0.3) is 23.6 Å². The van der Waals surface area contributed by atoms with Crippen LogP contribution in [0, 0.1) is 0 Å². The van der Waals surface area contributed by atoms with Gasteiger partial charge in [0.1, 0.15) is 22.2 Å². The van der Waals surface area contributed by atoms with E-state index >= 15 is 0 Å². The summed E-state index contributed by atoms with van der Waals surface area (Å²) in [5.74, 6) is -3.18. The molecular weight excluding hydrogens is 728 g/mol. The second kappa shape index (κ2) is 17.1. The number of aliphatic hydroxyl groups is 8. The van der Waals surface area contributed by atoms with Crippen molar-refractivity contribution < 1.29 is 60.0 Å². The lowest BCUT2D eigenvalue weighted by Gasteiger charge is -2.35. The third kappa shape index (κ3) is 7.77. The van der Waals surface area contributed by atoms with E-state index in [0.29, 0.717) is 0 Å². The molecule has 12 N–H and O–H groups in total. The Morgan fingerprint density at radius 3 is 0.661 bits per heavy atom. The fourth-order valence-corrected chi connectivity index (χ4v) is 6.51. The topological polar surface area (TPSA) is 278 Å². The van der Waals surface area contributed by atoms with E-state index in [0.717, 1.165) is 0 Å². The van der Waals surface area contributed by atoms with E-state index in [9.17, 15) is 60.0 Å². The lowest BCUT2D eigenvalue weighted by atomic mass is 9.85. The van der Waals surface area contributed by atoms with Crippen molar-refractivity contribution in [3.05, 3.63) is 142 Å². The SMILES string of the molecule is O=C1NC(CO)(CO)c2ccc(cc2)C(CO)(CO)NC(=O)c2cccc(c2)C(=O)NC(CO)(CO)c2ccc(cc2)C(CO)(CO)NC(=O)c2cccc1c2. The van der Waals surface area contributed by atoms with Gasteiger partial charge in [-0.3, -0.25) is 19.2 Å². The molecule has 0 aliphatic carbocycles. The molecule has 4 aromatic rings. The Morgan fingerprint density at radius 2 is 0.500 bits per heavy atom. The average molecular weight is 773 g/mol. The molecule has 4 amide bonds. The first-order chi connectivity index (χ1) is 26.9. The number of aliphatic hydroxyl groups excluding tert-OH is 8. The number of rotatable bonds is 8. The lowest BCUT2D eigenvalue weighted by Crippen LogP contribution is -2.53. The summed E-state index contributed by atoms with van der Waals surface area (Å²) >= 11 is 0. The van der Waals surface area contributed by atoms with Gasteiger partial charge in [-0.1, -0.05) is 60.7 Å². The maximum absolute atomic E-state index is 13.6. The summed E-state index contributed by atoms with van der Waals surface area (Å²) in [5.41, 5.74) is -6.50. The highest BCUT2D eigenvalue weighted by Crippen LogP contribution is 2.29. The molecule has 4 aromatic carbocycles. The molecule has 0 saturated carbocycles. The minimum atomic E-state index is -1.77. The number of carbonyl (C=O) groups is 4. The van der Waals surface area contributed by atoms with Gasteiger partial charge in [-0.2, -0.15) is 0 Å². The number of benzene rings is 4. The summed E-state index contributed by atoms with van der Waals surface area (Å²) in [6.45, 7) is -6.28. The molecule has 4 aliphatic heterocycles. The van der Waals surface area contributed by atoms with E-state index in [4.69, 9.17) is 0 Å². The molecule has 296 valence electrons. The van der Waals surface area contributed by atoms with Gasteiger partial charge in [0.15, 0.2) is 0 Å². The van der Waals surface area contributed by atoms with Crippen molar-refractivity contribution in [1.29, 1.82) is 0 Å². The highest BCUT2D eigenvalue weighted by atomic mass is 16.3. The number of hydrogen-bond acceptors (Lipinski definition) is 12. The zero-order chi connectivity index (χ0) is 40.7. The number of amides is 4. The summed E-state index contributed by atoms with van der Waals surface area (Å²) in [4.78, 5) is 54.4. The third-order valence-corrected chi connectivity index (χ3v) is 10.3. The predicted molar refractivity (Wildman–Crippen MR) is 199 cm³/mol. The lowest BCUT2D eigenvalue weighted by molar-refractivity contribution is 0.0638. The second-order valence-corrected chi connectivity index (χ2v) is 13.7. The summed E-state index contributed by atoms with van der Waals surface area (Å²) in [6, 6.07) is 22.1. The number of hydrogen-bond donors (Lipinski definition) is 12. The van der Waals surface area contributed by atoms with Crippen molar-refractivity contribution in [2.75, 3.05) is 52.9 Å². The van der Waals surface area contributed by atoms with E-state index in [1.54, 1.807) is 0 Å². The van der Waals surface area contributed by atoms with Crippen molar-refractivity contribution in [2.45, 2.75) is 22.2 Å². The first kappa shape index (κ1) is 41.6. The van der Waals surface area contributed by atoms with Crippen LogP contribution in [0.3, 0.4) is 0 Å². The third-order valence-electron chi connectivity index (χ3n) is 10.3. The molecule has 56 heavy (non-hydrogen) atoms. The maximum Gasteiger partial charge on any atom is 0.252 e. The van der Waals surface area contributed by atoms with Gasteiger partial charge < -0.3 is 62.1 Å². The molecule has 0 unspecified atom stereocenters. The Kier molecular flexibility index (Phi) is 12.7. The van der Waals surface area contributed by atoms with Crippen molar-refractivity contribution in [3.63, 3.8) is 0 Å². The molecular formula is C40H44N4O12. The largest absolute Gasteiger partial charge is 0.393 e.